The average molecular weight is 484 g/mol. The Bertz CT molecular complexity index is 1040. The van der Waals surface area contributed by atoms with E-state index in [1.54, 1.807) is 26.0 Å². The van der Waals surface area contributed by atoms with Crippen molar-refractivity contribution < 1.29 is 28.5 Å². The van der Waals surface area contributed by atoms with Gasteiger partial charge in [-0.1, -0.05) is 18.2 Å². The van der Waals surface area contributed by atoms with Crippen LogP contribution in [0.5, 0.6) is 17.2 Å². The van der Waals surface area contributed by atoms with E-state index in [9.17, 15) is 9.59 Å². The molecule has 0 aliphatic carbocycles. The molecule has 1 N–H and O–H groups in total. The summed E-state index contributed by atoms with van der Waals surface area (Å²) in [5.74, 6) is 1.70. The summed E-state index contributed by atoms with van der Waals surface area (Å²) in [6, 6.07) is 13.2. The number of hydrogen-bond acceptors (Lipinski definition) is 7. The van der Waals surface area contributed by atoms with Crippen molar-refractivity contribution in [2.45, 2.75) is 25.5 Å². The number of carbonyl (C=O) groups is 2. The third-order valence-electron chi connectivity index (χ3n) is 6.41. The summed E-state index contributed by atoms with van der Waals surface area (Å²) in [5.41, 5.74) is 1.72. The quantitative estimate of drug-likeness (QED) is 0.586. The number of para-hydroxylation sites is 2. The van der Waals surface area contributed by atoms with Crippen LogP contribution in [-0.4, -0.2) is 76.4 Å². The number of nitrogens with zero attached hydrogens (tertiary/aromatic N) is 2. The lowest BCUT2D eigenvalue weighted by atomic mass is 10.0. The molecule has 2 aromatic carbocycles. The molecule has 0 aromatic heterocycles. The largest absolute Gasteiger partial charge is 0.493 e. The van der Waals surface area contributed by atoms with Crippen LogP contribution < -0.4 is 24.4 Å². The number of carbonyl (C=O) groups excluding carboxylic acids is 2. The predicted octanol–water partition coefficient (Wildman–Crippen LogP) is 2.40. The molecule has 2 aromatic rings. The Morgan fingerprint density at radius 2 is 1.86 bits per heavy atom. The van der Waals surface area contributed by atoms with Gasteiger partial charge < -0.3 is 29.2 Å². The normalized spacial score (nSPS) is 18.9. The van der Waals surface area contributed by atoms with Gasteiger partial charge in [-0.15, -0.1) is 0 Å². The standard InChI is InChI=1S/C26H33N3O6/c1-18-26(31)29(20-6-4-5-7-22(20)35-18)11-10-25(30)27-17-21(28-12-14-34-15-13-28)19-8-9-23(32-2)24(16-19)33-3/h4-9,16,18,21H,10-15,17H2,1-3H3,(H,27,30). The molecule has 188 valence electrons. The molecule has 0 radical (unpaired) electrons. The Labute approximate surface area is 205 Å². The molecular formula is C26H33N3O6. The first-order chi connectivity index (χ1) is 17.0. The van der Waals surface area contributed by atoms with Gasteiger partial charge in [-0.2, -0.15) is 0 Å². The van der Waals surface area contributed by atoms with Gasteiger partial charge in [0.15, 0.2) is 17.6 Å². The fraction of sp³-hybridized carbons (Fsp3) is 0.462. The molecule has 9 heteroatoms. The van der Waals surface area contributed by atoms with Crippen LogP contribution in [0.15, 0.2) is 42.5 Å². The van der Waals surface area contributed by atoms with E-state index in [0.717, 1.165) is 18.7 Å². The first kappa shape index (κ1) is 24.8. The molecule has 0 spiro atoms. The first-order valence-electron chi connectivity index (χ1n) is 11.9. The molecule has 2 heterocycles. The van der Waals surface area contributed by atoms with Crippen molar-refractivity contribution in [1.82, 2.24) is 10.2 Å². The minimum Gasteiger partial charge on any atom is -0.493 e. The van der Waals surface area contributed by atoms with Crippen molar-refractivity contribution in [3.05, 3.63) is 48.0 Å². The lowest BCUT2D eigenvalue weighted by molar-refractivity contribution is -0.125. The molecule has 0 saturated carbocycles. The Morgan fingerprint density at radius 1 is 1.11 bits per heavy atom. The van der Waals surface area contributed by atoms with E-state index in [2.05, 4.69) is 10.2 Å². The third kappa shape index (κ3) is 5.68. The van der Waals surface area contributed by atoms with Crippen molar-refractivity contribution in [2.75, 3.05) is 58.5 Å². The van der Waals surface area contributed by atoms with E-state index in [4.69, 9.17) is 18.9 Å². The average Bonchev–Trinajstić information content (AvgIpc) is 2.89. The molecule has 0 bridgehead atoms. The zero-order valence-electron chi connectivity index (χ0n) is 20.5. The molecular weight excluding hydrogens is 450 g/mol. The number of methoxy groups -OCH3 is 2. The summed E-state index contributed by atoms with van der Waals surface area (Å²) in [4.78, 5) is 29.5. The maximum absolute atomic E-state index is 12.9. The van der Waals surface area contributed by atoms with E-state index in [0.29, 0.717) is 42.7 Å². The molecule has 4 rings (SSSR count). The topological polar surface area (TPSA) is 89.6 Å². The van der Waals surface area contributed by atoms with Gasteiger partial charge in [0.05, 0.1) is 39.2 Å². The highest BCUT2D eigenvalue weighted by atomic mass is 16.5. The van der Waals surface area contributed by atoms with Gasteiger partial charge in [0.1, 0.15) is 5.75 Å². The second-order valence-electron chi connectivity index (χ2n) is 8.55. The van der Waals surface area contributed by atoms with Crippen LogP contribution in [0.1, 0.15) is 24.9 Å². The third-order valence-corrected chi connectivity index (χ3v) is 6.41. The van der Waals surface area contributed by atoms with Crippen molar-refractivity contribution in [3.8, 4) is 17.2 Å². The maximum atomic E-state index is 12.9. The summed E-state index contributed by atoms with van der Waals surface area (Å²) in [7, 11) is 3.22. The predicted molar refractivity (Wildman–Crippen MR) is 131 cm³/mol. The number of morpholine rings is 1. The molecule has 2 aliphatic heterocycles. The van der Waals surface area contributed by atoms with E-state index < -0.39 is 6.10 Å². The molecule has 9 nitrogen and oxygen atoms in total. The van der Waals surface area contributed by atoms with Crippen LogP contribution in [0.3, 0.4) is 0 Å². The van der Waals surface area contributed by atoms with E-state index in [-0.39, 0.29) is 30.8 Å². The van der Waals surface area contributed by atoms with Gasteiger partial charge in [-0.3, -0.25) is 14.5 Å². The van der Waals surface area contributed by atoms with E-state index in [1.165, 1.54) is 0 Å². The number of hydrogen-bond donors (Lipinski definition) is 1. The molecule has 1 saturated heterocycles. The van der Waals surface area contributed by atoms with Crippen molar-refractivity contribution in [3.63, 3.8) is 0 Å². The van der Waals surface area contributed by atoms with Crippen LogP contribution in [-0.2, 0) is 14.3 Å². The highest BCUT2D eigenvalue weighted by molar-refractivity contribution is 6.00. The fourth-order valence-corrected chi connectivity index (χ4v) is 4.51. The number of anilines is 1. The number of amides is 2. The van der Waals surface area contributed by atoms with Crippen molar-refractivity contribution in [1.29, 1.82) is 0 Å². The number of fused-ring (bicyclic) bond motifs is 1. The number of rotatable bonds is 9. The van der Waals surface area contributed by atoms with Crippen molar-refractivity contribution in [2.24, 2.45) is 0 Å². The second kappa shape index (κ2) is 11.4. The van der Waals surface area contributed by atoms with E-state index in [1.807, 2.05) is 42.5 Å². The first-order valence-corrected chi connectivity index (χ1v) is 11.9. The molecule has 2 amide bonds. The summed E-state index contributed by atoms with van der Waals surface area (Å²) in [5, 5.41) is 3.07. The summed E-state index contributed by atoms with van der Waals surface area (Å²) in [6.45, 7) is 5.27. The molecule has 2 unspecified atom stereocenters. The Balaban J connectivity index is 1.42. The van der Waals surface area contributed by atoms with Gasteiger partial charge in [-0.05, 0) is 36.8 Å². The van der Waals surface area contributed by atoms with E-state index >= 15 is 0 Å². The number of benzene rings is 2. The summed E-state index contributed by atoms with van der Waals surface area (Å²) >= 11 is 0. The fourth-order valence-electron chi connectivity index (χ4n) is 4.51. The highest BCUT2D eigenvalue weighted by Crippen LogP contribution is 2.34. The van der Waals surface area contributed by atoms with Gasteiger partial charge in [0.25, 0.3) is 5.91 Å². The second-order valence-corrected chi connectivity index (χ2v) is 8.55. The van der Waals surface area contributed by atoms with Gasteiger partial charge >= 0.3 is 0 Å². The van der Waals surface area contributed by atoms with Crippen LogP contribution >= 0.6 is 0 Å². The SMILES string of the molecule is COc1ccc(C(CNC(=O)CCN2C(=O)C(C)Oc3ccccc32)N2CCOCC2)cc1OC. The molecule has 2 atom stereocenters. The molecule has 35 heavy (non-hydrogen) atoms. The lowest BCUT2D eigenvalue weighted by Gasteiger charge is -2.35. The lowest BCUT2D eigenvalue weighted by Crippen LogP contribution is -2.46. The maximum Gasteiger partial charge on any atom is 0.267 e. The Morgan fingerprint density at radius 3 is 2.60 bits per heavy atom. The number of nitrogens with one attached hydrogen (secondary N) is 1. The Kier molecular flexibility index (Phi) is 8.09. The minimum atomic E-state index is -0.580. The van der Waals surface area contributed by atoms with Crippen LogP contribution in [0.25, 0.3) is 0 Å². The minimum absolute atomic E-state index is 0.0478. The zero-order valence-corrected chi connectivity index (χ0v) is 20.5. The summed E-state index contributed by atoms with van der Waals surface area (Å²) in [6.07, 6.45) is -0.391. The van der Waals surface area contributed by atoms with Crippen LogP contribution in [0.2, 0.25) is 0 Å². The molecule has 2 aliphatic rings. The zero-order chi connectivity index (χ0) is 24.8. The smallest absolute Gasteiger partial charge is 0.267 e. The molecule has 1 fully saturated rings. The van der Waals surface area contributed by atoms with Crippen molar-refractivity contribution >= 4 is 17.5 Å². The van der Waals surface area contributed by atoms with Gasteiger partial charge in [0, 0.05) is 32.6 Å². The van der Waals surface area contributed by atoms with Crippen LogP contribution in [0, 0.1) is 0 Å². The number of ether oxygens (including phenoxy) is 4. The van der Waals surface area contributed by atoms with Crippen LogP contribution in [0.4, 0.5) is 5.69 Å². The van der Waals surface area contributed by atoms with Gasteiger partial charge in [0.2, 0.25) is 5.91 Å². The Hall–Kier alpha value is -3.30. The summed E-state index contributed by atoms with van der Waals surface area (Å²) < 4.78 is 22.1. The monoisotopic (exact) mass is 483 g/mol. The van der Waals surface area contributed by atoms with Gasteiger partial charge in [-0.25, -0.2) is 0 Å². The highest BCUT2D eigenvalue weighted by Gasteiger charge is 2.31.